The fourth-order valence-electron chi connectivity index (χ4n) is 3.36. The predicted molar refractivity (Wildman–Crippen MR) is 93.5 cm³/mol. The van der Waals surface area contributed by atoms with Gasteiger partial charge in [0.05, 0.1) is 17.6 Å². The van der Waals surface area contributed by atoms with E-state index in [1.54, 1.807) is 25.2 Å². The summed E-state index contributed by atoms with van der Waals surface area (Å²) in [5, 5.41) is 4.39. The van der Waals surface area contributed by atoms with Crippen molar-refractivity contribution in [2.24, 2.45) is 12.0 Å². The minimum Gasteiger partial charge on any atom is -0.435 e. The predicted octanol–water partition coefficient (Wildman–Crippen LogP) is 2.41. The lowest BCUT2D eigenvalue weighted by Crippen LogP contribution is -2.18. The lowest BCUT2D eigenvalue weighted by molar-refractivity contribution is 0.0969. The van der Waals surface area contributed by atoms with Gasteiger partial charge in [-0.1, -0.05) is 0 Å². The van der Waals surface area contributed by atoms with Crippen LogP contribution in [0.2, 0.25) is 0 Å². The monoisotopic (exact) mass is 357 g/mol. The van der Waals surface area contributed by atoms with Gasteiger partial charge in [0.1, 0.15) is 0 Å². The van der Waals surface area contributed by atoms with Crippen molar-refractivity contribution in [3.8, 4) is 11.3 Å². The van der Waals surface area contributed by atoms with E-state index in [2.05, 4.69) is 26.6 Å². The molecule has 1 amide bonds. The SMILES string of the molecule is CCn1c2c(sc1=NC(=O)c1oc(C)nc1C)CCc1c-2cnn1C. The molecule has 8 heteroatoms. The summed E-state index contributed by atoms with van der Waals surface area (Å²) in [6.07, 6.45) is 3.80. The zero-order chi connectivity index (χ0) is 17.7. The van der Waals surface area contributed by atoms with Gasteiger partial charge in [-0.2, -0.15) is 10.1 Å². The Morgan fingerprint density at radius 1 is 1.40 bits per heavy atom. The Labute approximate surface area is 148 Å². The van der Waals surface area contributed by atoms with E-state index in [9.17, 15) is 4.79 Å². The van der Waals surface area contributed by atoms with Crippen LogP contribution in [-0.2, 0) is 26.4 Å². The van der Waals surface area contributed by atoms with Crippen molar-refractivity contribution in [1.82, 2.24) is 19.3 Å². The van der Waals surface area contributed by atoms with Crippen molar-refractivity contribution >= 4 is 17.2 Å². The molecule has 0 N–H and O–H groups in total. The third-order valence-electron chi connectivity index (χ3n) is 4.50. The van der Waals surface area contributed by atoms with E-state index in [-0.39, 0.29) is 11.7 Å². The van der Waals surface area contributed by atoms with Crippen molar-refractivity contribution in [2.75, 3.05) is 0 Å². The smallest absolute Gasteiger partial charge is 0.317 e. The molecule has 0 fully saturated rings. The topological polar surface area (TPSA) is 78.2 Å². The van der Waals surface area contributed by atoms with Gasteiger partial charge in [-0.05, 0) is 26.7 Å². The Bertz CT molecular complexity index is 1050. The Kier molecular flexibility index (Phi) is 3.72. The van der Waals surface area contributed by atoms with Crippen molar-refractivity contribution in [1.29, 1.82) is 0 Å². The largest absolute Gasteiger partial charge is 0.435 e. The number of hydrogen-bond donors (Lipinski definition) is 0. The molecule has 1 aliphatic carbocycles. The molecule has 0 bridgehead atoms. The van der Waals surface area contributed by atoms with E-state index in [1.165, 1.54) is 10.6 Å². The Morgan fingerprint density at radius 3 is 2.88 bits per heavy atom. The van der Waals surface area contributed by atoms with E-state index < -0.39 is 0 Å². The van der Waals surface area contributed by atoms with Crippen LogP contribution in [0.1, 0.15) is 39.6 Å². The van der Waals surface area contributed by atoms with E-state index >= 15 is 0 Å². The average Bonchev–Trinajstić information content (AvgIpc) is 3.22. The Morgan fingerprint density at radius 2 is 2.20 bits per heavy atom. The second-order valence-corrected chi connectivity index (χ2v) is 7.16. The molecule has 4 rings (SSSR count). The standard InChI is InChI=1S/C17H19N5O2S/c1-5-22-14-11-8-18-21(4)12(11)6-7-13(14)25-17(22)20-16(23)15-9(2)19-10(3)24-15/h8H,5-7H2,1-4H3. The van der Waals surface area contributed by atoms with Gasteiger partial charge in [0, 0.05) is 36.7 Å². The minimum atomic E-state index is -0.384. The highest BCUT2D eigenvalue weighted by Gasteiger charge is 2.25. The summed E-state index contributed by atoms with van der Waals surface area (Å²) in [4.78, 5) is 23.0. The number of thiazole rings is 1. The Hall–Kier alpha value is -2.48. The zero-order valence-electron chi connectivity index (χ0n) is 14.7. The van der Waals surface area contributed by atoms with Gasteiger partial charge in [0.2, 0.25) is 5.76 Å². The molecule has 0 aliphatic heterocycles. The van der Waals surface area contributed by atoms with E-state index in [0.29, 0.717) is 16.4 Å². The second-order valence-electron chi connectivity index (χ2n) is 6.09. The summed E-state index contributed by atoms with van der Waals surface area (Å²) in [5.41, 5.74) is 4.08. The molecule has 0 unspecified atom stereocenters. The second kappa shape index (κ2) is 5.80. The number of rotatable bonds is 2. The molecule has 0 saturated heterocycles. The number of carbonyl (C=O) groups excluding carboxylic acids is 1. The van der Waals surface area contributed by atoms with Crippen molar-refractivity contribution < 1.29 is 9.21 Å². The molecule has 130 valence electrons. The van der Waals surface area contributed by atoms with Crippen LogP contribution in [-0.4, -0.2) is 25.2 Å². The first-order valence-electron chi connectivity index (χ1n) is 8.26. The van der Waals surface area contributed by atoms with Crippen LogP contribution in [0.3, 0.4) is 0 Å². The van der Waals surface area contributed by atoms with Crippen LogP contribution >= 0.6 is 11.3 Å². The summed E-state index contributed by atoms with van der Waals surface area (Å²) >= 11 is 1.57. The molecule has 25 heavy (non-hydrogen) atoms. The van der Waals surface area contributed by atoms with Crippen molar-refractivity contribution in [3.63, 3.8) is 0 Å². The van der Waals surface area contributed by atoms with E-state index in [4.69, 9.17) is 4.42 Å². The van der Waals surface area contributed by atoms with Crippen molar-refractivity contribution in [3.05, 3.63) is 38.9 Å². The van der Waals surface area contributed by atoms with Crippen LogP contribution in [0.25, 0.3) is 11.3 Å². The van der Waals surface area contributed by atoms with Gasteiger partial charge in [-0.15, -0.1) is 11.3 Å². The molecule has 0 saturated carbocycles. The fraction of sp³-hybridized carbons (Fsp3) is 0.412. The maximum absolute atomic E-state index is 12.6. The molecule has 7 nitrogen and oxygen atoms in total. The molecule has 3 heterocycles. The van der Waals surface area contributed by atoms with Gasteiger partial charge in [-0.3, -0.25) is 9.48 Å². The number of nitrogens with zero attached hydrogens (tertiary/aromatic N) is 5. The zero-order valence-corrected chi connectivity index (χ0v) is 15.5. The highest BCUT2D eigenvalue weighted by atomic mass is 32.1. The molecular formula is C17H19N5O2S. The van der Waals surface area contributed by atoms with Crippen LogP contribution in [0.15, 0.2) is 15.6 Å². The molecule has 0 atom stereocenters. The molecule has 0 aromatic carbocycles. The molecule has 1 aliphatic rings. The van der Waals surface area contributed by atoms with Gasteiger partial charge in [-0.25, -0.2) is 4.98 Å². The first-order chi connectivity index (χ1) is 12.0. The number of carbonyl (C=O) groups is 1. The number of aromatic nitrogens is 4. The van der Waals surface area contributed by atoms with Gasteiger partial charge in [0.15, 0.2) is 10.7 Å². The summed E-state index contributed by atoms with van der Waals surface area (Å²) in [5.74, 6) is 0.309. The molecule has 3 aromatic rings. The maximum atomic E-state index is 12.6. The third kappa shape index (κ3) is 2.48. The van der Waals surface area contributed by atoms with Gasteiger partial charge in [0.25, 0.3) is 0 Å². The van der Waals surface area contributed by atoms with Gasteiger partial charge < -0.3 is 8.98 Å². The summed E-state index contributed by atoms with van der Waals surface area (Å²) in [6.45, 7) is 6.28. The van der Waals surface area contributed by atoms with Crippen LogP contribution in [0, 0.1) is 13.8 Å². The number of hydrogen-bond acceptors (Lipinski definition) is 5. The van der Waals surface area contributed by atoms with Crippen LogP contribution in [0.5, 0.6) is 0 Å². The third-order valence-corrected chi connectivity index (χ3v) is 5.63. The number of amides is 1. The lowest BCUT2D eigenvalue weighted by Gasteiger charge is -2.15. The van der Waals surface area contributed by atoms with E-state index in [1.807, 2.05) is 17.9 Å². The molecular weight excluding hydrogens is 338 g/mol. The van der Waals surface area contributed by atoms with Crippen molar-refractivity contribution in [2.45, 2.75) is 40.2 Å². The number of aryl methyl sites for hydroxylation is 4. The highest BCUT2D eigenvalue weighted by molar-refractivity contribution is 7.09. The molecule has 3 aromatic heterocycles. The van der Waals surface area contributed by atoms with Crippen LogP contribution in [0.4, 0.5) is 0 Å². The van der Waals surface area contributed by atoms with Gasteiger partial charge >= 0.3 is 5.91 Å². The molecule has 0 spiro atoms. The minimum absolute atomic E-state index is 0.216. The fourth-order valence-corrected chi connectivity index (χ4v) is 4.56. The Balaban J connectivity index is 1.86. The quantitative estimate of drug-likeness (QED) is 0.706. The number of oxazole rings is 1. The first-order valence-corrected chi connectivity index (χ1v) is 9.08. The normalized spacial score (nSPS) is 13.8. The maximum Gasteiger partial charge on any atom is 0.317 e. The first kappa shape index (κ1) is 16.0. The molecule has 0 radical (unpaired) electrons. The summed E-state index contributed by atoms with van der Waals surface area (Å²) in [6, 6.07) is 0. The van der Waals surface area contributed by atoms with E-state index in [0.717, 1.165) is 30.6 Å². The van der Waals surface area contributed by atoms with Crippen LogP contribution < -0.4 is 4.80 Å². The summed E-state index contributed by atoms with van der Waals surface area (Å²) < 4.78 is 9.43. The highest BCUT2D eigenvalue weighted by Crippen LogP contribution is 2.34. The lowest BCUT2D eigenvalue weighted by atomic mass is 10.00. The summed E-state index contributed by atoms with van der Waals surface area (Å²) in [7, 11) is 1.97. The number of fused-ring (bicyclic) bond motifs is 3. The average molecular weight is 357 g/mol.